The van der Waals surface area contributed by atoms with Gasteiger partial charge in [0.1, 0.15) is 4.99 Å². The highest BCUT2D eigenvalue weighted by Gasteiger charge is 2.14. The third-order valence-electron chi connectivity index (χ3n) is 2.98. The summed E-state index contributed by atoms with van der Waals surface area (Å²) in [5.41, 5.74) is 9.09. The monoisotopic (exact) mass is 250 g/mol. The molecule has 0 radical (unpaired) electrons. The molecule has 92 valence electrons. The Morgan fingerprint density at radius 1 is 1.35 bits per heavy atom. The summed E-state index contributed by atoms with van der Waals surface area (Å²) in [6.07, 6.45) is 1.05. The highest BCUT2D eigenvalue weighted by molar-refractivity contribution is 7.80. The maximum Gasteiger partial charge on any atom is 0.106 e. The van der Waals surface area contributed by atoms with E-state index in [1.165, 1.54) is 5.56 Å². The molecule has 0 bridgehead atoms. The molecule has 0 aromatic heterocycles. The Bertz CT molecular complexity index is 412. The fraction of sp³-hybridized carbons (Fsp3) is 0.462. The molecule has 1 saturated heterocycles. The maximum atomic E-state index is 5.80. The number of nitrogens with zero attached hydrogens (tertiary/aromatic N) is 1. The summed E-state index contributed by atoms with van der Waals surface area (Å²) in [7, 11) is 0. The van der Waals surface area contributed by atoms with Gasteiger partial charge in [0.15, 0.2) is 0 Å². The average Bonchev–Trinajstić information content (AvgIpc) is 2.57. The van der Waals surface area contributed by atoms with Gasteiger partial charge in [0.25, 0.3) is 0 Å². The lowest BCUT2D eigenvalue weighted by Crippen LogP contribution is -2.28. The first-order valence-electron chi connectivity index (χ1n) is 5.91. The number of thiocarbonyl (C=S) groups is 1. The van der Waals surface area contributed by atoms with Crippen LogP contribution < -0.4 is 10.6 Å². The van der Waals surface area contributed by atoms with Gasteiger partial charge in [-0.3, -0.25) is 0 Å². The summed E-state index contributed by atoms with van der Waals surface area (Å²) in [4.78, 5) is 2.77. The third kappa shape index (κ3) is 2.96. The lowest BCUT2D eigenvalue weighted by molar-refractivity contribution is 0.152. The fourth-order valence-corrected chi connectivity index (χ4v) is 2.27. The molecule has 0 aliphatic carbocycles. The van der Waals surface area contributed by atoms with Crippen molar-refractivity contribution >= 4 is 22.9 Å². The van der Waals surface area contributed by atoms with Gasteiger partial charge in [-0.2, -0.15) is 0 Å². The molecule has 0 saturated carbocycles. The molecule has 2 rings (SSSR count). The standard InChI is InChI=1S/C13H18N2OS/c1-10-3-4-12(11(9-10)13(14)17)15-5-2-7-16-8-6-15/h3-4,9H,2,5-8H2,1H3,(H2,14,17). The fourth-order valence-electron chi connectivity index (χ4n) is 2.11. The van der Waals surface area contributed by atoms with Crippen LogP contribution in [-0.2, 0) is 4.74 Å². The van der Waals surface area contributed by atoms with Crippen LogP contribution in [0.15, 0.2) is 18.2 Å². The zero-order valence-corrected chi connectivity index (χ0v) is 10.9. The molecule has 0 unspecified atom stereocenters. The summed E-state index contributed by atoms with van der Waals surface area (Å²) in [6.45, 7) is 5.56. The molecule has 1 aromatic carbocycles. The minimum atomic E-state index is 0.467. The second-order valence-electron chi connectivity index (χ2n) is 4.34. The Morgan fingerprint density at radius 2 is 2.18 bits per heavy atom. The van der Waals surface area contributed by atoms with E-state index in [1.807, 2.05) is 0 Å². The van der Waals surface area contributed by atoms with Crippen LogP contribution in [0, 0.1) is 6.92 Å². The topological polar surface area (TPSA) is 38.5 Å². The van der Waals surface area contributed by atoms with E-state index in [2.05, 4.69) is 30.0 Å². The van der Waals surface area contributed by atoms with Gasteiger partial charge < -0.3 is 15.4 Å². The summed E-state index contributed by atoms with van der Waals surface area (Å²) >= 11 is 5.13. The van der Waals surface area contributed by atoms with Crippen LogP contribution in [0.5, 0.6) is 0 Å². The largest absolute Gasteiger partial charge is 0.389 e. The number of nitrogens with two attached hydrogens (primary N) is 1. The van der Waals surface area contributed by atoms with Gasteiger partial charge in [-0.05, 0) is 25.5 Å². The predicted octanol–water partition coefficient (Wildman–Crippen LogP) is 1.86. The molecule has 1 fully saturated rings. The predicted molar refractivity (Wildman–Crippen MR) is 74.7 cm³/mol. The van der Waals surface area contributed by atoms with Crippen LogP contribution in [0.25, 0.3) is 0 Å². The van der Waals surface area contributed by atoms with Gasteiger partial charge in [0.05, 0.1) is 6.61 Å². The number of hydrogen-bond donors (Lipinski definition) is 1. The van der Waals surface area contributed by atoms with Gasteiger partial charge in [-0.25, -0.2) is 0 Å². The lowest BCUT2D eigenvalue weighted by Gasteiger charge is -2.24. The van der Waals surface area contributed by atoms with E-state index < -0.39 is 0 Å². The first-order valence-corrected chi connectivity index (χ1v) is 6.32. The van der Waals surface area contributed by atoms with Crippen molar-refractivity contribution in [1.82, 2.24) is 0 Å². The average molecular weight is 250 g/mol. The zero-order chi connectivity index (χ0) is 12.3. The van der Waals surface area contributed by atoms with Crippen molar-refractivity contribution in [2.75, 3.05) is 31.2 Å². The molecule has 2 N–H and O–H groups in total. The van der Waals surface area contributed by atoms with Crippen LogP contribution in [0.3, 0.4) is 0 Å². The third-order valence-corrected chi connectivity index (χ3v) is 3.20. The van der Waals surface area contributed by atoms with E-state index in [4.69, 9.17) is 22.7 Å². The Labute approximate surface area is 108 Å². The summed E-state index contributed by atoms with van der Waals surface area (Å²) in [5.74, 6) is 0. The van der Waals surface area contributed by atoms with E-state index >= 15 is 0 Å². The molecular formula is C13H18N2OS. The van der Waals surface area contributed by atoms with E-state index in [0.29, 0.717) is 4.99 Å². The number of aryl methyl sites for hydroxylation is 1. The second-order valence-corrected chi connectivity index (χ2v) is 4.78. The van der Waals surface area contributed by atoms with Crippen LogP contribution in [0.1, 0.15) is 17.5 Å². The minimum Gasteiger partial charge on any atom is -0.389 e. The molecule has 17 heavy (non-hydrogen) atoms. The minimum absolute atomic E-state index is 0.467. The Morgan fingerprint density at radius 3 is 2.94 bits per heavy atom. The molecule has 1 aromatic rings. The molecule has 3 nitrogen and oxygen atoms in total. The molecular weight excluding hydrogens is 232 g/mol. The Balaban J connectivity index is 2.32. The lowest BCUT2D eigenvalue weighted by atomic mass is 10.1. The van der Waals surface area contributed by atoms with Gasteiger partial charge in [0.2, 0.25) is 0 Å². The zero-order valence-electron chi connectivity index (χ0n) is 10.1. The van der Waals surface area contributed by atoms with Crippen molar-refractivity contribution in [2.45, 2.75) is 13.3 Å². The van der Waals surface area contributed by atoms with E-state index in [1.54, 1.807) is 0 Å². The second kappa shape index (κ2) is 5.47. The number of ether oxygens (including phenoxy) is 1. The van der Waals surface area contributed by atoms with Crippen molar-refractivity contribution in [3.63, 3.8) is 0 Å². The first-order chi connectivity index (χ1) is 8.18. The van der Waals surface area contributed by atoms with E-state index in [0.717, 1.165) is 44.0 Å². The van der Waals surface area contributed by atoms with Crippen molar-refractivity contribution in [3.8, 4) is 0 Å². The van der Waals surface area contributed by atoms with Gasteiger partial charge in [-0.15, -0.1) is 0 Å². The van der Waals surface area contributed by atoms with Crippen molar-refractivity contribution < 1.29 is 4.74 Å². The summed E-state index contributed by atoms with van der Waals surface area (Å²) < 4.78 is 5.46. The molecule has 4 heteroatoms. The van der Waals surface area contributed by atoms with Crippen molar-refractivity contribution in [2.24, 2.45) is 5.73 Å². The van der Waals surface area contributed by atoms with Crippen molar-refractivity contribution in [3.05, 3.63) is 29.3 Å². The molecule has 1 aliphatic heterocycles. The molecule has 0 atom stereocenters. The number of anilines is 1. The Kier molecular flexibility index (Phi) is 3.97. The van der Waals surface area contributed by atoms with Gasteiger partial charge in [0, 0.05) is 30.9 Å². The van der Waals surface area contributed by atoms with Crippen LogP contribution in [-0.4, -0.2) is 31.3 Å². The maximum absolute atomic E-state index is 5.80. The van der Waals surface area contributed by atoms with Crippen LogP contribution >= 0.6 is 12.2 Å². The van der Waals surface area contributed by atoms with E-state index in [-0.39, 0.29) is 0 Å². The number of hydrogen-bond acceptors (Lipinski definition) is 3. The van der Waals surface area contributed by atoms with E-state index in [9.17, 15) is 0 Å². The smallest absolute Gasteiger partial charge is 0.106 e. The Hall–Kier alpha value is -1.13. The number of rotatable bonds is 2. The molecule has 1 heterocycles. The highest BCUT2D eigenvalue weighted by atomic mass is 32.1. The van der Waals surface area contributed by atoms with Gasteiger partial charge in [-0.1, -0.05) is 23.8 Å². The normalized spacial score (nSPS) is 16.6. The van der Waals surface area contributed by atoms with Gasteiger partial charge >= 0.3 is 0 Å². The quantitative estimate of drug-likeness (QED) is 0.813. The highest BCUT2D eigenvalue weighted by Crippen LogP contribution is 2.23. The summed E-state index contributed by atoms with van der Waals surface area (Å²) in [5, 5.41) is 0. The SMILES string of the molecule is Cc1ccc(N2CCCOCC2)c(C(N)=S)c1. The van der Waals surface area contributed by atoms with Crippen LogP contribution in [0.2, 0.25) is 0 Å². The van der Waals surface area contributed by atoms with Crippen LogP contribution in [0.4, 0.5) is 5.69 Å². The number of benzene rings is 1. The first kappa shape index (κ1) is 12.3. The molecule has 0 spiro atoms. The molecule has 0 amide bonds. The van der Waals surface area contributed by atoms with Crippen molar-refractivity contribution in [1.29, 1.82) is 0 Å². The molecule has 1 aliphatic rings. The summed E-state index contributed by atoms with van der Waals surface area (Å²) in [6, 6.07) is 6.27.